The van der Waals surface area contributed by atoms with Crippen molar-refractivity contribution in [3.05, 3.63) is 0 Å². The van der Waals surface area contributed by atoms with Crippen LogP contribution in [-0.2, 0) is 9.53 Å². The van der Waals surface area contributed by atoms with Crippen molar-refractivity contribution >= 4 is 12.0 Å². The van der Waals surface area contributed by atoms with E-state index in [1.165, 1.54) is 25.7 Å². The van der Waals surface area contributed by atoms with Crippen molar-refractivity contribution in [2.45, 2.75) is 82.8 Å². The van der Waals surface area contributed by atoms with Crippen LogP contribution in [0.15, 0.2) is 0 Å². The Morgan fingerprint density at radius 3 is 2.33 bits per heavy atom. The summed E-state index contributed by atoms with van der Waals surface area (Å²) in [6.07, 6.45) is 10.0. The van der Waals surface area contributed by atoms with E-state index in [-0.39, 0.29) is 6.09 Å². The summed E-state index contributed by atoms with van der Waals surface area (Å²) >= 11 is 0. The third-order valence-corrected chi connectivity index (χ3v) is 7.35. The molecule has 3 saturated heterocycles. The van der Waals surface area contributed by atoms with Gasteiger partial charge in [0.2, 0.25) is 5.91 Å². The summed E-state index contributed by atoms with van der Waals surface area (Å²) in [5, 5.41) is 0. The minimum atomic E-state index is -0.163. The Morgan fingerprint density at radius 1 is 0.963 bits per heavy atom. The highest BCUT2D eigenvalue weighted by molar-refractivity contribution is 5.79. The van der Waals surface area contributed by atoms with Gasteiger partial charge < -0.3 is 19.4 Å². The molecule has 0 spiro atoms. The number of likely N-dealkylation sites (tertiary alicyclic amines) is 3. The molecule has 6 heteroatoms. The van der Waals surface area contributed by atoms with Crippen molar-refractivity contribution in [2.24, 2.45) is 5.92 Å². The predicted molar refractivity (Wildman–Crippen MR) is 103 cm³/mol. The van der Waals surface area contributed by atoms with Crippen LogP contribution in [0.25, 0.3) is 0 Å². The molecule has 3 aliphatic heterocycles. The van der Waals surface area contributed by atoms with E-state index in [9.17, 15) is 9.59 Å². The highest BCUT2D eigenvalue weighted by Gasteiger charge is 2.44. The molecule has 0 unspecified atom stereocenters. The molecule has 3 heterocycles. The van der Waals surface area contributed by atoms with Crippen molar-refractivity contribution in [3.63, 3.8) is 0 Å². The van der Waals surface area contributed by atoms with Crippen LogP contribution in [0.1, 0.15) is 64.7 Å². The van der Waals surface area contributed by atoms with Crippen LogP contribution in [0.4, 0.5) is 4.79 Å². The second-order valence-corrected chi connectivity index (χ2v) is 8.80. The number of ether oxygens (including phenoxy) is 1. The van der Waals surface area contributed by atoms with Gasteiger partial charge in [0, 0.05) is 50.7 Å². The van der Waals surface area contributed by atoms with Crippen LogP contribution in [0.2, 0.25) is 0 Å². The number of amides is 2. The summed E-state index contributed by atoms with van der Waals surface area (Å²) in [6, 6.07) is 1.57. The molecule has 0 aromatic rings. The third kappa shape index (κ3) is 3.96. The molecule has 27 heavy (non-hydrogen) atoms. The van der Waals surface area contributed by atoms with E-state index in [1.54, 1.807) is 0 Å². The fourth-order valence-electron chi connectivity index (χ4n) is 5.94. The number of fused-ring (bicyclic) bond motifs is 1. The Bertz CT molecular complexity index is 539. The average molecular weight is 378 g/mol. The quantitative estimate of drug-likeness (QED) is 0.759. The highest BCUT2D eigenvalue weighted by atomic mass is 16.6. The van der Waals surface area contributed by atoms with Crippen molar-refractivity contribution in [3.8, 4) is 0 Å². The van der Waals surface area contributed by atoms with E-state index in [0.29, 0.717) is 36.6 Å². The largest absolute Gasteiger partial charge is 0.450 e. The lowest BCUT2D eigenvalue weighted by atomic mass is 9.84. The molecule has 4 fully saturated rings. The first-order valence-electron chi connectivity index (χ1n) is 11.1. The van der Waals surface area contributed by atoms with Crippen molar-refractivity contribution < 1.29 is 14.3 Å². The molecule has 2 amide bonds. The lowest BCUT2D eigenvalue weighted by Gasteiger charge is -2.45. The number of nitrogens with zero attached hydrogens (tertiary/aromatic N) is 3. The number of hydrogen-bond donors (Lipinski definition) is 0. The van der Waals surface area contributed by atoms with Gasteiger partial charge in [0.1, 0.15) is 0 Å². The average Bonchev–Trinajstić information content (AvgIpc) is 3.04. The molecule has 6 nitrogen and oxygen atoms in total. The van der Waals surface area contributed by atoms with Crippen molar-refractivity contribution in [2.75, 3.05) is 32.8 Å². The van der Waals surface area contributed by atoms with Crippen molar-refractivity contribution in [1.82, 2.24) is 14.7 Å². The van der Waals surface area contributed by atoms with Gasteiger partial charge in [0.05, 0.1) is 6.61 Å². The van der Waals surface area contributed by atoms with Gasteiger partial charge in [-0.05, 0) is 51.4 Å². The van der Waals surface area contributed by atoms with Gasteiger partial charge in [-0.3, -0.25) is 4.79 Å². The number of hydrogen-bond acceptors (Lipinski definition) is 4. The molecular formula is C21H35N3O3. The zero-order chi connectivity index (χ0) is 18.8. The molecule has 4 rings (SSSR count). The van der Waals surface area contributed by atoms with Crippen LogP contribution in [0, 0.1) is 5.92 Å². The first-order chi connectivity index (χ1) is 13.2. The van der Waals surface area contributed by atoms with Crippen LogP contribution in [0.3, 0.4) is 0 Å². The maximum atomic E-state index is 12.6. The van der Waals surface area contributed by atoms with E-state index in [1.807, 2.05) is 11.8 Å². The van der Waals surface area contributed by atoms with Crippen molar-refractivity contribution in [1.29, 1.82) is 0 Å². The topological polar surface area (TPSA) is 53.1 Å². The monoisotopic (exact) mass is 377 g/mol. The zero-order valence-corrected chi connectivity index (χ0v) is 16.8. The summed E-state index contributed by atoms with van der Waals surface area (Å²) in [5.41, 5.74) is 0. The van der Waals surface area contributed by atoms with Gasteiger partial charge in [-0.2, -0.15) is 0 Å². The van der Waals surface area contributed by atoms with E-state index in [4.69, 9.17) is 4.74 Å². The zero-order valence-electron chi connectivity index (χ0n) is 16.8. The molecule has 2 atom stereocenters. The van der Waals surface area contributed by atoms with Crippen LogP contribution in [-0.4, -0.2) is 77.6 Å². The summed E-state index contributed by atoms with van der Waals surface area (Å²) < 4.78 is 5.12. The molecule has 1 aliphatic carbocycles. The Hall–Kier alpha value is -1.30. The predicted octanol–water partition coefficient (Wildman–Crippen LogP) is 2.86. The van der Waals surface area contributed by atoms with Gasteiger partial charge in [-0.1, -0.05) is 12.8 Å². The van der Waals surface area contributed by atoms with E-state index >= 15 is 0 Å². The summed E-state index contributed by atoms with van der Waals surface area (Å²) in [4.78, 5) is 31.3. The summed E-state index contributed by atoms with van der Waals surface area (Å²) in [5.74, 6) is 1.06. The molecule has 4 aliphatic rings. The van der Waals surface area contributed by atoms with E-state index in [0.717, 1.165) is 58.3 Å². The molecular weight excluding hydrogens is 342 g/mol. The Labute approximate surface area is 163 Å². The minimum absolute atomic E-state index is 0.163. The minimum Gasteiger partial charge on any atom is -0.450 e. The van der Waals surface area contributed by atoms with Crippen LogP contribution >= 0.6 is 0 Å². The van der Waals surface area contributed by atoms with Gasteiger partial charge in [0.25, 0.3) is 0 Å². The molecule has 152 valence electrons. The maximum Gasteiger partial charge on any atom is 0.409 e. The first-order valence-corrected chi connectivity index (χ1v) is 11.1. The Morgan fingerprint density at radius 2 is 1.63 bits per heavy atom. The number of piperidine rings is 2. The summed E-state index contributed by atoms with van der Waals surface area (Å²) in [6.45, 7) is 6.10. The Balaban J connectivity index is 1.26. The molecule has 0 radical (unpaired) electrons. The van der Waals surface area contributed by atoms with E-state index in [2.05, 4.69) is 9.80 Å². The molecule has 0 aromatic carbocycles. The fraction of sp³-hybridized carbons (Fsp3) is 0.905. The van der Waals surface area contributed by atoms with Gasteiger partial charge in [0.15, 0.2) is 0 Å². The fourth-order valence-corrected chi connectivity index (χ4v) is 5.94. The second kappa shape index (κ2) is 8.38. The molecule has 0 bridgehead atoms. The number of carbonyl (C=O) groups excluding carboxylic acids is 2. The lowest BCUT2D eigenvalue weighted by Crippen LogP contribution is -2.53. The van der Waals surface area contributed by atoms with Crippen LogP contribution in [0.5, 0.6) is 0 Å². The molecule has 1 saturated carbocycles. The van der Waals surface area contributed by atoms with E-state index < -0.39 is 0 Å². The standard InChI is InChI=1S/C21H35N3O3/c1-2-27-21(26)23-13-7-17(8-14-23)22-11-9-18(10-12-22)24-19-6-4-3-5-16(19)15-20(24)25/h16-19H,2-15H2,1H3/t16-,19+/m1/s1. The van der Waals surface area contributed by atoms with Gasteiger partial charge >= 0.3 is 6.09 Å². The van der Waals surface area contributed by atoms with Gasteiger partial charge in [-0.25, -0.2) is 4.79 Å². The Kier molecular flexibility index (Phi) is 5.90. The summed E-state index contributed by atoms with van der Waals surface area (Å²) in [7, 11) is 0. The molecule has 0 N–H and O–H groups in total. The lowest BCUT2D eigenvalue weighted by molar-refractivity contribution is -0.132. The normalized spacial score (nSPS) is 31.2. The smallest absolute Gasteiger partial charge is 0.409 e. The highest BCUT2D eigenvalue weighted by Crippen LogP contribution is 2.39. The number of carbonyl (C=O) groups is 2. The second-order valence-electron chi connectivity index (χ2n) is 8.80. The maximum absolute atomic E-state index is 12.6. The van der Waals surface area contributed by atoms with Crippen LogP contribution < -0.4 is 0 Å². The number of rotatable bonds is 3. The first kappa shape index (κ1) is 19.0. The van der Waals surface area contributed by atoms with Gasteiger partial charge in [-0.15, -0.1) is 0 Å². The third-order valence-electron chi connectivity index (χ3n) is 7.35. The SMILES string of the molecule is CCOC(=O)N1CCC(N2CCC(N3C(=O)C[C@H]4CCCC[C@@H]43)CC2)CC1. The molecule has 0 aromatic heterocycles.